The molecular formula is C26H36N4O5. The van der Waals surface area contributed by atoms with Gasteiger partial charge in [-0.1, -0.05) is 5.92 Å². The fourth-order valence-electron chi connectivity index (χ4n) is 3.43. The van der Waals surface area contributed by atoms with Crippen molar-refractivity contribution in [3.05, 3.63) is 35.4 Å². The van der Waals surface area contributed by atoms with Gasteiger partial charge >= 0.3 is 12.2 Å². The summed E-state index contributed by atoms with van der Waals surface area (Å²) in [5, 5.41) is 8.67. The van der Waals surface area contributed by atoms with Crippen molar-refractivity contribution in [1.82, 2.24) is 16.0 Å². The van der Waals surface area contributed by atoms with E-state index in [2.05, 4.69) is 26.9 Å². The second-order valence-corrected chi connectivity index (χ2v) is 10.5. The number of carbonyl (C=O) groups excluding carboxylic acids is 3. The first-order valence-electron chi connectivity index (χ1n) is 11.7. The van der Waals surface area contributed by atoms with Gasteiger partial charge in [0, 0.05) is 23.2 Å². The quantitative estimate of drug-likeness (QED) is 0.338. The minimum absolute atomic E-state index is 0.0120. The highest BCUT2D eigenvalue weighted by Crippen LogP contribution is 2.19. The lowest BCUT2D eigenvalue weighted by Crippen LogP contribution is -2.50. The molecule has 0 unspecified atom stereocenters. The van der Waals surface area contributed by atoms with Crippen LogP contribution in [0.3, 0.4) is 0 Å². The lowest BCUT2D eigenvalue weighted by Gasteiger charge is -2.30. The van der Waals surface area contributed by atoms with Gasteiger partial charge in [0.1, 0.15) is 11.2 Å². The van der Waals surface area contributed by atoms with Gasteiger partial charge in [0.15, 0.2) is 0 Å². The number of alkyl carbamates (subject to hydrolysis) is 1. The first kappa shape index (κ1) is 27.7. The third-order valence-electron chi connectivity index (χ3n) is 4.93. The molecule has 0 radical (unpaired) electrons. The van der Waals surface area contributed by atoms with Gasteiger partial charge in [0.05, 0.1) is 0 Å². The van der Waals surface area contributed by atoms with E-state index in [9.17, 15) is 14.4 Å². The van der Waals surface area contributed by atoms with Crippen LogP contribution in [0.4, 0.5) is 9.59 Å². The van der Waals surface area contributed by atoms with E-state index in [1.807, 2.05) is 0 Å². The molecule has 0 aliphatic heterocycles. The molecule has 0 atom stereocenters. The van der Waals surface area contributed by atoms with E-state index in [-0.39, 0.29) is 24.0 Å². The van der Waals surface area contributed by atoms with E-state index in [4.69, 9.17) is 15.9 Å². The average molecular weight is 485 g/mol. The Kier molecular flexibility index (Phi) is 9.29. The molecular weight excluding hydrogens is 448 g/mol. The summed E-state index contributed by atoms with van der Waals surface area (Å²) in [6.07, 6.45) is 6.64. The fraction of sp³-hybridized carbons (Fsp3) is 0.538. The second-order valence-electron chi connectivity index (χ2n) is 10.5. The first-order valence-corrected chi connectivity index (χ1v) is 11.7. The number of hydrogen-bond donors (Lipinski definition) is 3. The highest BCUT2D eigenvalue weighted by atomic mass is 16.6. The van der Waals surface area contributed by atoms with Crippen molar-refractivity contribution in [2.75, 3.05) is 0 Å². The second kappa shape index (κ2) is 11.7. The maximum atomic E-state index is 12.5. The van der Waals surface area contributed by atoms with Crippen LogP contribution in [-0.4, -0.2) is 47.3 Å². The summed E-state index contributed by atoms with van der Waals surface area (Å²) in [5.74, 6) is 2.35. The Morgan fingerprint density at radius 2 is 1.40 bits per heavy atom. The molecule has 0 aromatic heterocycles. The molecule has 9 nitrogen and oxygen atoms in total. The van der Waals surface area contributed by atoms with E-state index in [1.54, 1.807) is 65.8 Å². The van der Waals surface area contributed by atoms with Crippen LogP contribution in [0.5, 0.6) is 0 Å². The van der Waals surface area contributed by atoms with E-state index >= 15 is 0 Å². The number of benzene rings is 1. The van der Waals surface area contributed by atoms with Gasteiger partial charge in [-0.15, -0.1) is 11.4 Å². The summed E-state index contributed by atoms with van der Waals surface area (Å²) in [4.78, 5) is 40.9. The molecule has 1 aliphatic carbocycles. The predicted molar refractivity (Wildman–Crippen MR) is 134 cm³/mol. The Morgan fingerprint density at radius 1 is 0.886 bits per heavy atom. The summed E-state index contributed by atoms with van der Waals surface area (Å²) in [6.45, 7) is 10.4. The standard InChI is InChI=1S/C26H36N4O5/c1-8-17-9-11-18(12-10-17)21(31)27-19-13-15-20(16-14-19)28-22(29-23(32)34-25(2,3)4)30-24(33)35-26(5,6)7/h1,9-12,19-20H,13-16H2,2-7H3,(H,27,31)(H2,28,29,30,32,33). The maximum Gasteiger partial charge on any atom is 0.437 e. The number of nitrogens with zero attached hydrogens (tertiary/aromatic N) is 1. The molecule has 3 amide bonds. The third kappa shape index (κ3) is 10.5. The van der Waals surface area contributed by atoms with E-state index < -0.39 is 23.4 Å². The van der Waals surface area contributed by atoms with Crippen LogP contribution in [0.15, 0.2) is 29.3 Å². The van der Waals surface area contributed by atoms with Crippen LogP contribution in [0.1, 0.15) is 83.1 Å². The molecule has 1 aliphatic rings. The average Bonchev–Trinajstić information content (AvgIpc) is 2.72. The smallest absolute Gasteiger partial charge is 0.437 e. The van der Waals surface area contributed by atoms with Gasteiger partial charge < -0.3 is 20.1 Å². The molecule has 1 fully saturated rings. The van der Waals surface area contributed by atoms with Crippen LogP contribution in [0, 0.1) is 12.3 Å². The molecule has 190 valence electrons. The highest BCUT2D eigenvalue weighted by molar-refractivity contribution is 5.99. The monoisotopic (exact) mass is 484 g/mol. The summed E-state index contributed by atoms with van der Waals surface area (Å²) in [6, 6.07) is 6.84. The zero-order chi connectivity index (χ0) is 26.2. The van der Waals surface area contributed by atoms with Crippen LogP contribution < -0.4 is 16.0 Å². The third-order valence-corrected chi connectivity index (χ3v) is 4.93. The molecule has 1 saturated carbocycles. The summed E-state index contributed by atoms with van der Waals surface area (Å²) < 4.78 is 10.5. The molecule has 9 heteroatoms. The lowest BCUT2D eigenvalue weighted by molar-refractivity contribution is 0.0559. The van der Waals surface area contributed by atoms with Crippen molar-refractivity contribution in [2.45, 2.75) is 90.5 Å². The van der Waals surface area contributed by atoms with E-state index in [1.165, 1.54) is 0 Å². The van der Waals surface area contributed by atoms with Gasteiger partial charge in [-0.05, 0) is 91.5 Å². The number of ether oxygens (including phenoxy) is 2. The van der Waals surface area contributed by atoms with Gasteiger partial charge in [0.2, 0.25) is 5.96 Å². The van der Waals surface area contributed by atoms with Crippen molar-refractivity contribution in [3.63, 3.8) is 0 Å². The highest BCUT2D eigenvalue weighted by Gasteiger charge is 2.26. The molecule has 1 aromatic carbocycles. The number of amides is 3. The number of nitrogens with one attached hydrogen (secondary N) is 3. The molecule has 0 bridgehead atoms. The Bertz CT molecular complexity index is 973. The normalized spacial score (nSPS) is 18.6. The molecule has 0 saturated heterocycles. The van der Waals surface area contributed by atoms with Crippen LogP contribution in [0.25, 0.3) is 0 Å². The minimum atomic E-state index is -0.826. The number of carbonyl (C=O) groups is 3. The summed E-state index contributed by atoms with van der Waals surface area (Å²) in [5.41, 5.74) is -0.164. The largest absolute Gasteiger partial charge is 0.444 e. The Labute approximate surface area is 207 Å². The molecule has 3 N–H and O–H groups in total. The number of guanidine groups is 1. The summed E-state index contributed by atoms with van der Waals surface area (Å²) >= 11 is 0. The number of aliphatic imine (C=N–C) groups is 1. The van der Waals surface area contributed by atoms with Crippen molar-refractivity contribution in [3.8, 4) is 12.3 Å². The maximum absolute atomic E-state index is 12.5. The zero-order valence-corrected chi connectivity index (χ0v) is 21.4. The van der Waals surface area contributed by atoms with Gasteiger partial charge in [0.25, 0.3) is 5.91 Å². The molecule has 0 heterocycles. The van der Waals surface area contributed by atoms with E-state index in [0.717, 1.165) is 18.4 Å². The van der Waals surface area contributed by atoms with Crippen molar-refractivity contribution < 1.29 is 23.9 Å². The Morgan fingerprint density at radius 3 is 1.89 bits per heavy atom. The number of terminal acetylenes is 1. The Balaban J connectivity index is 1.96. The minimum Gasteiger partial charge on any atom is -0.444 e. The topological polar surface area (TPSA) is 118 Å². The molecule has 35 heavy (non-hydrogen) atoms. The lowest BCUT2D eigenvalue weighted by atomic mass is 9.91. The number of hydrogen-bond acceptors (Lipinski definition) is 5. The van der Waals surface area contributed by atoms with Crippen molar-refractivity contribution in [1.29, 1.82) is 0 Å². The molecule has 1 aromatic rings. The van der Waals surface area contributed by atoms with Crippen molar-refractivity contribution >= 4 is 24.1 Å². The zero-order valence-electron chi connectivity index (χ0n) is 21.4. The van der Waals surface area contributed by atoms with Crippen LogP contribution in [-0.2, 0) is 9.47 Å². The summed E-state index contributed by atoms with van der Waals surface area (Å²) in [7, 11) is 0. The fourth-order valence-corrected chi connectivity index (χ4v) is 3.43. The van der Waals surface area contributed by atoms with Crippen molar-refractivity contribution in [2.24, 2.45) is 4.99 Å². The van der Waals surface area contributed by atoms with Crippen LogP contribution in [0.2, 0.25) is 0 Å². The van der Waals surface area contributed by atoms with Crippen LogP contribution >= 0.6 is 0 Å². The molecule has 0 spiro atoms. The van der Waals surface area contributed by atoms with Gasteiger partial charge in [-0.25, -0.2) is 9.59 Å². The number of rotatable bonds is 3. The van der Waals surface area contributed by atoms with Gasteiger partial charge in [-0.3, -0.25) is 10.1 Å². The van der Waals surface area contributed by atoms with Gasteiger partial charge in [-0.2, -0.15) is 0 Å². The van der Waals surface area contributed by atoms with E-state index in [0.29, 0.717) is 18.4 Å². The molecule has 2 rings (SSSR count). The first-order chi connectivity index (χ1) is 16.2. The SMILES string of the molecule is C#Cc1ccc(C(=O)NC2CCC(NC(=NC(=O)OC(C)(C)C)NC(=O)OC(C)(C)C)CC2)cc1. The Hall–Kier alpha value is -3.54. The predicted octanol–water partition coefficient (Wildman–Crippen LogP) is 4.11.